The molecule has 2 saturated heterocycles. The molecule has 0 atom stereocenters. The van der Waals surface area contributed by atoms with Crippen LogP contribution in [-0.4, -0.2) is 80.8 Å². The minimum absolute atomic E-state index is 0.0576. The van der Waals surface area contributed by atoms with Gasteiger partial charge in [0.25, 0.3) is 0 Å². The highest BCUT2D eigenvalue weighted by molar-refractivity contribution is 5.85. The Morgan fingerprint density at radius 3 is 2.60 bits per heavy atom. The van der Waals surface area contributed by atoms with Crippen LogP contribution in [0.5, 0.6) is 0 Å². The number of morpholine rings is 1. The van der Waals surface area contributed by atoms with Gasteiger partial charge in [0.15, 0.2) is 0 Å². The first-order valence-electron chi connectivity index (χ1n) is 8.98. The van der Waals surface area contributed by atoms with Gasteiger partial charge in [0.1, 0.15) is 19.6 Å². The van der Waals surface area contributed by atoms with Gasteiger partial charge in [0.05, 0.1) is 26.3 Å². The number of hydrogen-bond acceptors (Lipinski definition) is 3. The summed E-state index contributed by atoms with van der Waals surface area (Å²) < 4.78 is 5.32. The van der Waals surface area contributed by atoms with E-state index in [-0.39, 0.29) is 18.5 Å². The third-order valence-electron chi connectivity index (χ3n) is 4.73. The van der Waals surface area contributed by atoms with Crippen molar-refractivity contribution in [2.24, 2.45) is 0 Å². The molecule has 25 heavy (non-hydrogen) atoms. The molecule has 7 nitrogen and oxygen atoms in total. The molecule has 0 aliphatic carbocycles. The molecular weight excluding hydrogens is 320 g/mol. The SMILES string of the molecule is O=C(CN1CCN(Cc2ccccc2)C1=O)NCC[NH+]1CCOCC1. The molecule has 0 bridgehead atoms. The standard InChI is InChI=1S/C18H26N4O3/c23-17(19-6-7-20-10-12-25-13-11-20)15-22-9-8-21(18(22)24)14-16-4-2-1-3-5-16/h1-5H,6-15H2,(H,19,23)/p+1. The van der Waals surface area contributed by atoms with Crippen LogP contribution in [-0.2, 0) is 16.1 Å². The zero-order valence-electron chi connectivity index (χ0n) is 14.6. The average Bonchev–Trinajstić information content (AvgIpc) is 2.97. The first-order chi connectivity index (χ1) is 12.2. The lowest BCUT2D eigenvalue weighted by Crippen LogP contribution is -3.14. The molecule has 136 valence electrons. The van der Waals surface area contributed by atoms with E-state index in [0.29, 0.717) is 26.2 Å². The molecule has 7 heteroatoms. The van der Waals surface area contributed by atoms with Crippen LogP contribution in [0, 0.1) is 0 Å². The molecule has 1 aromatic rings. The predicted octanol–water partition coefficient (Wildman–Crippen LogP) is -1.04. The van der Waals surface area contributed by atoms with E-state index in [1.807, 2.05) is 30.3 Å². The molecule has 2 heterocycles. The van der Waals surface area contributed by atoms with Crippen molar-refractivity contribution in [2.45, 2.75) is 6.54 Å². The van der Waals surface area contributed by atoms with Crippen LogP contribution >= 0.6 is 0 Å². The van der Waals surface area contributed by atoms with Crippen molar-refractivity contribution in [3.8, 4) is 0 Å². The monoisotopic (exact) mass is 347 g/mol. The van der Waals surface area contributed by atoms with Gasteiger partial charge in [-0.25, -0.2) is 4.79 Å². The third-order valence-corrected chi connectivity index (χ3v) is 4.73. The highest BCUT2D eigenvalue weighted by Gasteiger charge is 2.29. The number of carbonyl (C=O) groups is 2. The molecule has 0 aromatic heterocycles. The molecule has 1 aromatic carbocycles. The maximum atomic E-state index is 12.4. The first-order valence-corrected chi connectivity index (χ1v) is 8.98. The smallest absolute Gasteiger partial charge is 0.320 e. The summed E-state index contributed by atoms with van der Waals surface area (Å²) in [6, 6.07) is 9.87. The Balaban J connectivity index is 1.37. The van der Waals surface area contributed by atoms with Gasteiger partial charge >= 0.3 is 6.03 Å². The van der Waals surface area contributed by atoms with Crippen LogP contribution < -0.4 is 10.2 Å². The van der Waals surface area contributed by atoms with Crippen LogP contribution in [0.25, 0.3) is 0 Å². The van der Waals surface area contributed by atoms with Crippen LogP contribution in [0.15, 0.2) is 30.3 Å². The van der Waals surface area contributed by atoms with Crippen molar-refractivity contribution in [3.63, 3.8) is 0 Å². The average molecular weight is 347 g/mol. The molecule has 2 aliphatic rings. The number of amides is 3. The number of hydrogen-bond donors (Lipinski definition) is 2. The van der Waals surface area contributed by atoms with Gasteiger partial charge in [-0.3, -0.25) is 4.79 Å². The summed E-state index contributed by atoms with van der Waals surface area (Å²) in [6.45, 7) is 7.13. The van der Waals surface area contributed by atoms with Crippen molar-refractivity contribution < 1.29 is 19.2 Å². The zero-order valence-corrected chi connectivity index (χ0v) is 14.6. The summed E-state index contributed by atoms with van der Waals surface area (Å²) in [6.07, 6.45) is 0. The van der Waals surface area contributed by atoms with Gasteiger partial charge in [0, 0.05) is 19.6 Å². The molecule has 0 saturated carbocycles. The fourth-order valence-electron chi connectivity index (χ4n) is 3.25. The Morgan fingerprint density at radius 2 is 1.84 bits per heavy atom. The van der Waals surface area contributed by atoms with E-state index in [0.717, 1.165) is 38.4 Å². The van der Waals surface area contributed by atoms with Crippen LogP contribution in [0.4, 0.5) is 4.79 Å². The van der Waals surface area contributed by atoms with E-state index in [9.17, 15) is 9.59 Å². The van der Waals surface area contributed by atoms with E-state index in [1.54, 1.807) is 9.80 Å². The quantitative estimate of drug-likeness (QED) is 0.662. The number of carbonyl (C=O) groups excluding carboxylic acids is 2. The van der Waals surface area contributed by atoms with Gasteiger partial charge in [0.2, 0.25) is 5.91 Å². The number of ether oxygens (including phenoxy) is 1. The number of urea groups is 1. The van der Waals surface area contributed by atoms with Crippen molar-refractivity contribution >= 4 is 11.9 Å². The molecule has 0 spiro atoms. The van der Waals surface area contributed by atoms with Crippen LogP contribution in [0.2, 0.25) is 0 Å². The molecule has 2 aliphatic heterocycles. The Kier molecular flexibility index (Phi) is 6.25. The Labute approximate surface area is 148 Å². The molecule has 3 amide bonds. The van der Waals surface area contributed by atoms with E-state index >= 15 is 0 Å². The number of nitrogens with one attached hydrogen (secondary N) is 2. The van der Waals surface area contributed by atoms with Gasteiger partial charge in [-0.2, -0.15) is 0 Å². The zero-order chi connectivity index (χ0) is 17.5. The van der Waals surface area contributed by atoms with Crippen molar-refractivity contribution in [3.05, 3.63) is 35.9 Å². The predicted molar refractivity (Wildman–Crippen MR) is 93.2 cm³/mol. The maximum Gasteiger partial charge on any atom is 0.320 e. The second-order valence-electron chi connectivity index (χ2n) is 6.57. The number of rotatable bonds is 7. The van der Waals surface area contributed by atoms with Crippen molar-refractivity contribution in [1.29, 1.82) is 0 Å². The number of quaternary nitrogens is 1. The van der Waals surface area contributed by atoms with E-state index < -0.39 is 0 Å². The summed E-state index contributed by atoms with van der Waals surface area (Å²) in [5.74, 6) is -0.0810. The lowest BCUT2D eigenvalue weighted by Gasteiger charge is -2.24. The fourth-order valence-corrected chi connectivity index (χ4v) is 3.25. The molecular formula is C18H27N4O3+. The normalized spacial score (nSPS) is 18.6. The van der Waals surface area contributed by atoms with E-state index in [1.165, 1.54) is 4.90 Å². The topological polar surface area (TPSA) is 66.3 Å². The highest BCUT2D eigenvalue weighted by atomic mass is 16.5. The molecule has 3 rings (SSSR count). The second kappa shape index (κ2) is 8.82. The lowest BCUT2D eigenvalue weighted by atomic mass is 10.2. The Hall–Kier alpha value is -2.12. The third kappa shape index (κ3) is 5.17. The summed E-state index contributed by atoms with van der Waals surface area (Å²) >= 11 is 0. The van der Waals surface area contributed by atoms with Gasteiger partial charge in [-0.1, -0.05) is 30.3 Å². The molecule has 2 fully saturated rings. The minimum atomic E-state index is -0.0810. The van der Waals surface area contributed by atoms with E-state index in [4.69, 9.17) is 4.74 Å². The van der Waals surface area contributed by atoms with Gasteiger partial charge in [-0.05, 0) is 5.56 Å². The first kappa shape index (κ1) is 17.7. The summed E-state index contributed by atoms with van der Waals surface area (Å²) in [5, 5.41) is 2.93. The lowest BCUT2D eigenvalue weighted by molar-refractivity contribution is -0.906. The van der Waals surface area contributed by atoms with Crippen molar-refractivity contribution in [2.75, 3.05) is 59.0 Å². The van der Waals surface area contributed by atoms with Gasteiger partial charge in [-0.15, -0.1) is 0 Å². The van der Waals surface area contributed by atoms with E-state index in [2.05, 4.69) is 5.32 Å². The summed E-state index contributed by atoms with van der Waals surface area (Å²) in [5.41, 5.74) is 1.11. The number of benzene rings is 1. The van der Waals surface area contributed by atoms with Gasteiger partial charge < -0.3 is 24.8 Å². The highest BCUT2D eigenvalue weighted by Crippen LogP contribution is 2.12. The second-order valence-corrected chi connectivity index (χ2v) is 6.57. The maximum absolute atomic E-state index is 12.4. The molecule has 0 unspecified atom stereocenters. The Morgan fingerprint density at radius 1 is 1.12 bits per heavy atom. The summed E-state index contributed by atoms with van der Waals surface area (Å²) in [7, 11) is 0. The fraction of sp³-hybridized carbons (Fsp3) is 0.556. The van der Waals surface area contributed by atoms with Crippen LogP contribution in [0.3, 0.4) is 0 Å². The number of nitrogens with zero attached hydrogens (tertiary/aromatic N) is 2. The van der Waals surface area contributed by atoms with Crippen LogP contribution in [0.1, 0.15) is 5.56 Å². The molecule has 2 N–H and O–H groups in total. The van der Waals surface area contributed by atoms with Crippen molar-refractivity contribution in [1.82, 2.24) is 15.1 Å². The Bertz CT molecular complexity index is 575. The minimum Gasteiger partial charge on any atom is -0.370 e. The largest absolute Gasteiger partial charge is 0.370 e. The molecule has 0 radical (unpaired) electrons. The summed E-state index contributed by atoms with van der Waals surface area (Å²) in [4.78, 5) is 29.4.